The number of benzene rings is 1. The molecule has 2 aromatic rings. The number of carbonyl (C=O) groups excluding carboxylic acids is 1. The maximum absolute atomic E-state index is 12.2. The first-order valence-electron chi connectivity index (χ1n) is 7.55. The predicted octanol–water partition coefficient (Wildman–Crippen LogP) is 3.84. The van der Waals surface area contributed by atoms with Crippen LogP contribution in [0.5, 0.6) is 0 Å². The normalized spacial score (nSPS) is 20.0. The largest absolute Gasteiger partial charge is 0.453 e. The van der Waals surface area contributed by atoms with Crippen LogP contribution in [0.4, 0.5) is 0 Å². The molecule has 1 aliphatic rings. The molecule has 22 heavy (non-hydrogen) atoms. The van der Waals surface area contributed by atoms with Crippen molar-refractivity contribution in [2.45, 2.75) is 38.8 Å². The van der Waals surface area contributed by atoms with E-state index in [4.69, 9.17) is 4.74 Å². The zero-order valence-corrected chi connectivity index (χ0v) is 13.1. The van der Waals surface area contributed by atoms with Crippen LogP contribution in [0.3, 0.4) is 0 Å². The van der Waals surface area contributed by atoms with Crippen LogP contribution in [0.2, 0.25) is 0 Å². The lowest BCUT2D eigenvalue weighted by Gasteiger charge is -2.40. The van der Waals surface area contributed by atoms with E-state index in [1.54, 1.807) is 6.33 Å². The van der Waals surface area contributed by atoms with E-state index >= 15 is 0 Å². The Bertz CT molecular complexity index is 728. The van der Waals surface area contributed by atoms with E-state index in [1.807, 2.05) is 44.3 Å². The summed E-state index contributed by atoms with van der Waals surface area (Å²) in [7, 11) is 0. The molecule has 0 spiro atoms. The van der Waals surface area contributed by atoms with Crippen LogP contribution in [0.25, 0.3) is 6.08 Å². The van der Waals surface area contributed by atoms with E-state index in [9.17, 15) is 4.79 Å². The number of carbonyl (C=O) groups is 1. The van der Waals surface area contributed by atoms with Gasteiger partial charge in [-0.3, -0.25) is 0 Å². The number of nitrogens with zero attached hydrogens (tertiary/aromatic N) is 2. The van der Waals surface area contributed by atoms with Gasteiger partial charge in [0.2, 0.25) is 0 Å². The lowest BCUT2D eigenvalue weighted by atomic mass is 9.85. The topological polar surface area (TPSA) is 44.1 Å². The van der Waals surface area contributed by atoms with Gasteiger partial charge in [-0.05, 0) is 38.0 Å². The summed E-state index contributed by atoms with van der Waals surface area (Å²) in [6.45, 7) is 5.98. The highest BCUT2D eigenvalue weighted by Crippen LogP contribution is 2.40. The number of allylic oxidation sites excluding steroid dienone is 1. The molecule has 1 unspecified atom stereocenters. The Morgan fingerprint density at radius 1 is 1.36 bits per heavy atom. The summed E-state index contributed by atoms with van der Waals surface area (Å²) in [4.78, 5) is 16.5. The molecule has 0 amide bonds. The lowest BCUT2D eigenvalue weighted by molar-refractivity contribution is -0.0262. The van der Waals surface area contributed by atoms with Gasteiger partial charge in [-0.1, -0.05) is 31.2 Å². The van der Waals surface area contributed by atoms with Gasteiger partial charge in [0, 0.05) is 0 Å². The fourth-order valence-electron chi connectivity index (χ4n) is 3.03. The molecule has 0 saturated carbocycles. The van der Waals surface area contributed by atoms with Gasteiger partial charge >= 0.3 is 5.97 Å². The molecule has 4 nitrogen and oxygen atoms in total. The number of hydrogen-bond donors (Lipinski definition) is 0. The number of fused-ring (bicyclic) bond motifs is 1. The molecule has 0 saturated heterocycles. The standard InChI is InChI=1S/C18H20N2O2/c1-4-5-8-13-11-19-12-20(13)16-14-9-6-7-10-15(14)17(21)22-18(16,2)3/h5-12,16H,4H2,1-3H3. The molecule has 114 valence electrons. The maximum atomic E-state index is 12.2. The van der Waals surface area contributed by atoms with E-state index in [0.717, 1.165) is 17.7 Å². The fourth-order valence-corrected chi connectivity index (χ4v) is 3.03. The second-order valence-electron chi connectivity index (χ2n) is 6.02. The molecule has 4 heteroatoms. The molecule has 1 aromatic carbocycles. The van der Waals surface area contributed by atoms with E-state index in [0.29, 0.717) is 5.56 Å². The Morgan fingerprint density at radius 3 is 2.91 bits per heavy atom. The summed E-state index contributed by atoms with van der Waals surface area (Å²) >= 11 is 0. The zero-order chi connectivity index (χ0) is 15.7. The zero-order valence-electron chi connectivity index (χ0n) is 13.1. The number of hydrogen-bond acceptors (Lipinski definition) is 3. The molecule has 0 fully saturated rings. The van der Waals surface area contributed by atoms with Crippen LogP contribution in [0, 0.1) is 0 Å². The number of rotatable bonds is 3. The maximum Gasteiger partial charge on any atom is 0.339 e. The van der Waals surface area contributed by atoms with Crippen molar-refractivity contribution in [2.75, 3.05) is 0 Å². The smallest absolute Gasteiger partial charge is 0.339 e. The van der Waals surface area contributed by atoms with Gasteiger partial charge < -0.3 is 9.30 Å². The van der Waals surface area contributed by atoms with Crippen molar-refractivity contribution < 1.29 is 9.53 Å². The molecule has 2 heterocycles. The third-order valence-corrected chi connectivity index (χ3v) is 3.99. The van der Waals surface area contributed by atoms with Crippen molar-refractivity contribution in [1.29, 1.82) is 0 Å². The minimum Gasteiger partial charge on any atom is -0.453 e. The molecule has 0 bridgehead atoms. The first-order chi connectivity index (χ1) is 10.5. The van der Waals surface area contributed by atoms with Crippen molar-refractivity contribution in [3.8, 4) is 0 Å². The Labute approximate surface area is 130 Å². The Kier molecular flexibility index (Phi) is 3.61. The van der Waals surface area contributed by atoms with Gasteiger partial charge in [0.05, 0.1) is 23.8 Å². The third kappa shape index (κ3) is 2.34. The molecular weight excluding hydrogens is 276 g/mol. The van der Waals surface area contributed by atoms with Gasteiger partial charge in [0.15, 0.2) is 0 Å². The molecular formula is C18H20N2O2. The number of esters is 1. The minimum absolute atomic E-state index is 0.0968. The van der Waals surface area contributed by atoms with Crippen LogP contribution >= 0.6 is 0 Å². The van der Waals surface area contributed by atoms with E-state index < -0.39 is 5.60 Å². The van der Waals surface area contributed by atoms with Crippen molar-refractivity contribution in [3.63, 3.8) is 0 Å². The number of ether oxygens (including phenoxy) is 1. The minimum atomic E-state index is -0.638. The number of cyclic esters (lactones) is 1. The van der Waals surface area contributed by atoms with Crippen molar-refractivity contribution in [2.24, 2.45) is 0 Å². The fraction of sp³-hybridized carbons (Fsp3) is 0.333. The number of aromatic nitrogens is 2. The van der Waals surface area contributed by atoms with E-state index in [2.05, 4.69) is 28.6 Å². The predicted molar refractivity (Wildman–Crippen MR) is 85.6 cm³/mol. The quantitative estimate of drug-likeness (QED) is 0.808. The van der Waals surface area contributed by atoms with Crippen LogP contribution in [0.1, 0.15) is 54.8 Å². The SMILES string of the molecule is CCC=Cc1cncn1C1c2ccccc2C(=O)OC1(C)C. The van der Waals surface area contributed by atoms with Gasteiger partial charge in [0.25, 0.3) is 0 Å². The van der Waals surface area contributed by atoms with Gasteiger partial charge in [0.1, 0.15) is 11.6 Å². The lowest BCUT2D eigenvalue weighted by Crippen LogP contribution is -2.43. The molecule has 0 N–H and O–H groups in total. The Morgan fingerprint density at radius 2 is 2.14 bits per heavy atom. The second-order valence-corrected chi connectivity index (χ2v) is 6.02. The monoisotopic (exact) mass is 296 g/mol. The Balaban J connectivity index is 2.16. The highest BCUT2D eigenvalue weighted by molar-refractivity contribution is 5.93. The van der Waals surface area contributed by atoms with Crippen LogP contribution < -0.4 is 0 Å². The summed E-state index contributed by atoms with van der Waals surface area (Å²) < 4.78 is 7.77. The molecule has 1 aromatic heterocycles. The van der Waals surface area contributed by atoms with Crippen molar-refractivity contribution >= 4 is 12.0 Å². The highest BCUT2D eigenvalue weighted by Gasteiger charge is 2.43. The highest BCUT2D eigenvalue weighted by atomic mass is 16.6. The number of imidazole rings is 1. The van der Waals surface area contributed by atoms with E-state index in [-0.39, 0.29) is 12.0 Å². The summed E-state index contributed by atoms with van der Waals surface area (Å²) in [5, 5.41) is 0. The van der Waals surface area contributed by atoms with Crippen LogP contribution in [-0.2, 0) is 4.74 Å². The second kappa shape index (κ2) is 5.44. The first-order valence-corrected chi connectivity index (χ1v) is 7.55. The molecule has 0 aliphatic carbocycles. The Hall–Kier alpha value is -2.36. The first kappa shape index (κ1) is 14.6. The average Bonchev–Trinajstić information content (AvgIpc) is 2.92. The third-order valence-electron chi connectivity index (χ3n) is 3.99. The van der Waals surface area contributed by atoms with E-state index in [1.165, 1.54) is 0 Å². The van der Waals surface area contributed by atoms with Crippen LogP contribution in [0.15, 0.2) is 42.9 Å². The average molecular weight is 296 g/mol. The summed E-state index contributed by atoms with van der Waals surface area (Å²) in [6, 6.07) is 7.54. The summed E-state index contributed by atoms with van der Waals surface area (Å²) in [5.41, 5.74) is 1.98. The molecule has 3 rings (SSSR count). The van der Waals surface area contributed by atoms with Crippen molar-refractivity contribution in [1.82, 2.24) is 9.55 Å². The van der Waals surface area contributed by atoms with Gasteiger partial charge in [-0.2, -0.15) is 0 Å². The molecule has 1 atom stereocenters. The summed E-state index contributed by atoms with van der Waals surface area (Å²) in [6.07, 6.45) is 8.76. The molecule has 1 aliphatic heterocycles. The van der Waals surface area contributed by atoms with Crippen LogP contribution in [-0.4, -0.2) is 21.1 Å². The van der Waals surface area contributed by atoms with Crippen molar-refractivity contribution in [3.05, 3.63) is 59.7 Å². The summed E-state index contributed by atoms with van der Waals surface area (Å²) in [5.74, 6) is -0.261. The van der Waals surface area contributed by atoms with Gasteiger partial charge in [-0.25, -0.2) is 9.78 Å². The molecule has 0 radical (unpaired) electrons. The van der Waals surface area contributed by atoms with Gasteiger partial charge in [-0.15, -0.1) is 0 Å².